The molecule has 4 nitrogen and oxygen atoms in total. The monoisotopic (exact) mass is 262 g/mol. The van der Waals surface area contributed by atoms with E-state index >= 15 is 0 Å². The molecule has 1 aliphatic rings. The smallest absolute Gasteiger partial charge is 0.251 e. The SMILES string of the molecule is CNC(=O)c1ccc(NC2CCOC(C)C2)c(C)c1. The maximum absolute atomic E-state index is 11.6. The molecule has 1 amide bonds. The lowest BCUT2D eigenvalue weighted by atomic mass is 10.0. The van der Waals surface area contributed by atoms with Crippen LogP contribution >= 0.6 is 0 Å². The zero-order valence-corrected chi connectivity index (χ0v) is 11.8. The van der Waals surface area contributed by atoms with Crippen molar-refractivity contribution in [1.29, 1.82) is 0 Å². The second kappa shape index (κ2) is 6.06. The predicted molar refractivity (Wildman–Crippen MR) is 76.6 cm³/mol. The third-order valence-electron chi connectivity index (χ3n) is 3.56. The van der Waals surface area contributed by atoms with E-state index in [2.05, 4.69) is 17.6 Å². The van der Waals surface area contributed by atoms with Gasteiger partial charge in [-0.05, 0) is 50.5 Å². The van der Waals surface area contributed by atoms with E-state index in [0.717, 1.165) is 30.7 Å². The molecule has 4 heteroatoms. The normalized spacial score (nSPS) is 22.9. The Morgan fingerprint density at radius 2 is 2.21 bits per heavy atom. The van der Waals surface area contributed by atoms with Crippen LogP contribution in [-0.4, -0.2) is 31.7 Å². The molecule has 2 atom stereocenters. The van der Waals surface area contributed by atoms with Crippen molar-refractivity contribution in [3.05, 3.63) is 29.3 Å². The van der Waals surface area contributed by atoms with Crippen LogP contribution in [0.4, 0.5) is 5.69 Å². The third kappa shape index (κ3) is 3.47. The van der Waals surface area contributed by atoms with Crippen LogP contribution in [0.5, 0.6) is 0 Å². The number of carbonyl (C=O) groups excluding carboxylic acids is 1. The van der Waals surface area contributed by atoms with Crippen molar-refractivity contribution in [2.75, 3.05) is 19.0 Å². The first-order chi connectivity index (χ1) is 9.10. The summed E-state index contributed by atoms with van der Waals surface area (Å²) in [5.74, 6) is -0.0469. The number of rotatable bonds is 3. The van der Waals surface area contributed by atoms with Crippen molar-refractivity contribution in [2.45, 2.75) is 38.8 Å². The summed E-state index contributed by atoms with van der Waals surface area (Å²) in [6.07, 6.45) is 2.37. The zero-order chi connectivity index (χ0) is 13.8. The van der Waals surface area contributed by atoms with E-state index < -0.39 is 0 Å². The van der Waals surface area contributed by atoms with E-state index in [1.165, 1.54) is 0 Å². The Hall–Kier alpha value is -1.55. The van der Waals surface area contributed by atoms with Gasteiger partial charge < -0.3 is 15.4 Å². The van der Waals surface area contributed by atoms with Gasteiger partial charge in [0, 0.05) is 30.9 Å². The van der Waals surface area contributed by atoms with Crippen molar-refractivity contribution < 1.29 is 9.53 Å². The molecule has 1 heterocycles. The van der Waals surface area contributed by atoms with Crippen LogP contribution in [0.15, 0.2) is 18.2 Å². The molecule has 1 aromatic rings. The van der Waals surface area contributed by atoms with Crippen LogP contribution in [0.3, 0.4) is 0 Å². The summed E-state index contributed by atoms with van der Waals surface area (Å²) in [5.41, 5.74) is 2.90. The number of anilines is 1. The lowest BCUT2D eigenvalue weighted by Gasteiger charge is -2.29. The molecule has 0 bridgehead atoms. The van der Waals surface area contributed by atoms with Gasteiger partial charge >= 0.3 is 0 Å². The van der Waals surface area contributed by atoms with Gasteiger partial charge in [0.25, 0.3) is 5.91 Å². The van der Waals surface area contributed by atoms with E-state index in [4.69, 9.17) is 4.74 Å². The number of ether oxygens (including phenoxy) is 1. The minimum Gasteiger partial charge on any atom is -0.382 e. The van der Waals surface area contributed by atoms with Gasteiger partial charge in [0.15, 0.2) is 0 Å². The highest BCUT2D eigenvalue weighted by Crippen LogP contribution is 2.22. The molecule has 2 N–H and O–H groups in total. The standard InChI is InChI=1S/C15H22N2O2/c1-10-8-12(15(18)16-3)4-5-14(10)17-13-6-7-19-11(2)9-13/h4-5,8,11,13,17H,6-7,9H2,1-3H3,(H,16,18). The minimum atomic E-state index is -0.0469. The van der Waals surface area contributed by atoms with Gasteiger partial charge in [-0.1, -0.05) is 0 Å². The Morgan fingerprint density at radius 3 is 2.84 bits per heavy atom. The minimum absolute atomic E-state index is 0.0469. The molecule has 19 heavy (non-hydrogen) atoms. The summed E-state index contributed by atoms with van der Waals surface area (Å²) in [6, 6.07) is 6.22. The molecular weight excluding hydrogens is 240 g/mol. The Morgan fingerprint density at radius 1 is 1.42 bits per heavy atom. The molecule has 104 valence electrons. The lowest BCUT2D eigenvalue weighted by molar-refractivity contribution is 0.0232. The van der Waals surface area contributed by atoms with E-state index in [0.29, 0.717) is 17.7 Å². The summed E-state index contributed by atoms with van der Waals surface area (Å²) < 4.78 is 5.55. The fraction of sp³-hybridized carbons (Fsp3) is 0.533. The van der Waals surface area contributed by atoms with Gasteiger partial charge in [0.2, 0.25) is 0 Å². The second-order valence-corrected chi connectivity index (χ2v) is 5.16. The second-order valence-electron chi connectivity index (χ2n) is 5.16. The number of hydrogen-bond donors (Lipinski definition) is 2. The summed E-state index contributed by atoms with van der Waals surface area (Å²) in [4.78, 5) is 11.6. The van der Waals surface area contributed by atoms with Crippen molar-refractivity contribution in [3.8, 4) is 0 Å². The van der Waals surface area contributed by atoms with Crippen molar-refractivity contribution in [3.63, 3.8) is 0 Å². The molecule has 1 saturated heterocycles. The largest absolute Gasteiger partial charge is 0.382 e. The fourth-order valence-corrected chi connectivity index (χ4v) is 2.46. The molecule has 1 fully saturated rings. The van der Waals surface area contributed by atoms with Crippen molar-refractivity contribution in [1.82, 2.24) is 5.32 Å². The number of aryl methyl sites for hydroxylation is 1. The van der Waals surface area contributed by atoms with Crippen LogP contribution in [0, 0.1) is 6.92 Å². The molecule has 0 saturated carbocycles. The van der Waals surface area contributed by atoms with Crippen LogP contribution in [0.25, 0.3) is 0 Å². The fourth-order valence-electron chi connectivity index (χ4n) is 2.46. The highest BCUT2D eigenvalue weighted by molar-refractivity contribution is 5.94. The van der Waals surface area contributed by atoms with E-state index in [9.17, 15) is 4.79 Å². The molecule has 1 aromatic carbocycles. The van der Waals surface area contributed by atoms with E-state index in [-0.39, 0.29) is 5.91 Å². The molecule has 0 radical (unpaired) electrons. The Balaban J connectivity index is 2.06. The highest BCUT2D eigenvalue weighted by Gasteiger charge is 2.19. The number of nitrogens with one attached hydrogen (secondary N) is 2. The molecular formula is C15H22N2O2. The molecule has 0 aromatic heterocycles. The predicted octanol–water partition coefficient (Wildman–Crippen LogP) is 2.33. The maximum Gasteiger partial charge on any atom is 0.251 e. The highest BCUT2D eigenvalue weighted by atomic mass is 16.5. The van der Waals surface area contributed by atoms with Gasteiger partial charge in [-0.15, -0.1) is 0 Å². The quantitative estimate of drug-likeness (QED) is 0.879. The first-order valence-electron chi connectivity index (χ1n) is 6.81. The molecule has 1 aliphatic heterocycles. The summed E-state index contributed by atoms with van der Waals surface area (Å²) in [6.45, 7) is 4.95. The number of amides is 1. The van der Waals surface area contributed by atoms with Gasteiger partial charge in [0.05, 0.1) is 6.10 Å². The van der Waals surface area contributed by atoms with E-state index in [1.54, 1.807) is 7.05 Å². The van der Waals surface area contributed by atoms with Crippen LogP contribution < -0.4 is 10.6 Å². The van der Waals surface area contributed by atoms with Crippen molar-refractivity contribution in [2.24, 2.45) is 0 Å². The van der Waals surface area contributed by atoms with Gasteiger partial charge in [-0.2, -0.15) is 0 Å². The maximum atomic E-state index is 11.6. The molecule has 0 aliphatic carbocycles. The number of hydrogen-bond acceptors (Lipinski definition) is 3. The average Bonchev–Trinajstić information content (AvgIpc) is 2.40. The lowest BCUT2D eigenvalue weighted by Crippen LogP contribution is -2.32. The molecule has 2 unspecified atom stereocenters. The first kappa shape index (κ1) is 13.9. The van der Waals surface area contributed by atoms with Crippen LogP contribution in [-0.2, 0) is 4.74 Å². The first-order valence-corrected chi connectivity index (χ1v) is 6.81. The number of carbonyl (C=O) groups is 1. The summed E-state index contributed by atoms with van der Waals surface area (Å²) in [5, 5.41) is 6.19. The topological polar surface area (TPSA) is 50.4 Å². The number of benzene rings is 1. The van der Waals surface area contributed by atoms with E-state index in [1.807, 2.05) is 25.1 Å². The van der Waals surface area contributed by atoms with Crippen LogP contribution in [0.2, 0.25) is 0 Å². The third-order valence-corrected chi connectivity index (χ3v) is 3.56. The Labute approximate surface area is 114 Å². The average molecular weight is 262 g/mol. The van der Waals surface area contributed by atoms with Crippen LogP contribution in [0.1, 0.15) is 35.7 Å². The van der Waals surface area contributed by atoms with Gasteiger partial charge in [-0.25, -0.2) is 0 Å². The molecule has 2 rings (SSSR count). The van der Waals surface area contributed by atoms with Gasteiger partial charge in [0.1, 0.15) is 0 Å². The summed E-state index contributed by atoms with van der Waals surface area (Å²) in [7, 11) is 1.65. The Bertz CT molecular complexity index is 459. The Kier molecular flexibility index (Phi) is 4.43. The van der Waals surface area contributed by atoms with Crippen molar-refractivity contribution >= 4 is 11.6 Å². The zero-order valence-electron chi connectivity index (χ0n) is 11.8. The van der Waals surface area contributed by atoms with Gasteiger partial charge in [-0.3, -0.25) is 4.79 Å². The molecule has 0 spiro atoms. The summed E-state index contributed by atoms with van der Waals surface area (Å²) >= 11 is 0.